The second-order valence-electron chi connectivity index (χ2n) is 3.98. The highest BCUT2D eigenvalue weighted by atomic mass is 16.5. The van der Waals surface area contributed by atoms with E-state index in [0.717, 1.165) is 12.8 Å². The van der Waals surface area contributed by atoms with E-state index in [1.54, 1.807) is 0 Å². The van der Waals surface area contributed by atoms with Gasteiger partial charge in [-0.05, 0) is 26.7 Å². The molecule has 2 aliphatic rings. The maximum absolute atomic E-state index is 11.2. The number of carbonyl (C=O) groups is 1. The minimum Gasteiger partial charge on any atom is -0.453 e. The van der Waals surface area contributed by atoms with E-state index in [9.17, 15) is 4.79 Å². The zero-order chi connectivity index (χ0) is 9.59. The van der Waals surface area contributed by atoms with Crippen LogP contribution in [0.5, 0.6) is 0 Å². The Morgan fingerprint density at radius 3 is 2.15 bits per heavy atom. The summed E-state index contributed by atoms with van der Waals surface area (Å²) in [4.78, 5) is 13.1. The van der Waals surface area contributed by atoms with Gasteiger partial charge in [-0.15, -0.1) is 0 Å². The Hall–Kier alpha value is -0.990. The van der Waals surface area contributed by atoms with Crippen LogP contribution in [0.15, 0.2) is 11.1 Å². The third-order valence-corrected chi connectivity index (χ3v) is 3.21. The van der Waals surface area contributed by atoms with E-state index >= 15 is 0 Å². The summed E-state index contributed by atoms with van der Waals surface area (Å²) in [5.74, 6) is 0. The van der Waals surface area contributed by atoms with Crippen LogP contribution in [-0.2, 0) is 4.74 Å². The third kappa shape index (κ3) is 1.23. The summed E-state index contributed by atoms with van der Waals surface area (Å²) < 4.78 is 4.71. The van der Waals surface area contributed by atoms with Gasteiger partial charge in [-0.2, -0.15) is 0 Å². The van der Waals surface area contributed by atoms with E-state index in [1.165, 1.54) is 18.3 Å². The van der Waals surface area contributed by atoms with Crippen molar-refractivity contribution in [3.8, 4) is 0 Å². The van der Waals surface area contributed by atoms with Crippen molar-refractivity contribution in [1.29, 1.82) is 0 Å². The molecule has 0 spiro atoms. The van der Waals surface area contributed by atoms with Crippen molar-refractivity contribution < 1.29 is 9.53 Å². The molecule has 1 fully saturated rings. The monoisotopic (exact) mass is 181 g/mol. The highest BCUT2D eigenvalue weighted by Gasteiger charge is 2.53. The first kappa shape index (κ1) is 8.60. The van der Waals surface area contributed by atoms with Gasteiger partial charge in [0.05, 0.1) is 19.2 Å². The van der Waals surface area contributed by atoms with E-state index in [-0.39, 0.29) is 6.09 Å². The molecule has 0 unspecified atom stereocenters. The van der Waals surface area contributed by atoms with Gasteiger partial charge in [0.2, 0.25) is 0 Å². The Balaban J connectivity index is 2.04. The zero-order valence-electron chi connectivity index (χ0n) is 8.33. The fourth-order valence-corrected chi connectivity index (χ4v) is 2.16. The third-order valence-electron chi connectivity index (χ3n) is 3.21. The number of ether oxygens (including phenoxy) is 1. The quantitative estimate of drug-likeness (QED) is 0.422. The second kappa shape index (κ2) is 2.76. The molecule has 0 radical (unpaired) electrons. The first-order chi connectivity index (χ1) is 6.15. The summed E-state index contributed by atoms with van der Waals surface area (Å²) in [5.41, 5.74) is 2.88. The van der Waals surface area contributed by atoms with E-state index in [1.807, 2.05) is 4.90 Å². The predicted octanol–water partition coefficient (Wildman–Crippen LogP) is 1.94. The van der Waals surface area contributed by atoms with Crippen molar-refractivity contribution in [2.24, 2.45) is 0 Å². The Kier molecular flexibility index (Phi) is 1.82. The molecule has 0 N–H and O–H groups in total. The summed E-state index contributed by atoms with van der Waals surface area (Å²) in [5, 5.41) is 0. The van der Waals surface area contributed by atoms with Gasteiger partial charge in [-0.25, -0.2) is 4.79 Å². The number of hydrogen-bond acceptors (Lipinski definition) is 2. The fraction of sp³-hybridized carbons (Fsp3) is 0.700. The van der Waals surface area contributed by atoms with Gasteiger partial charge in [0, 0.05) is 0 Å². The van der Waals surface area contributed by atoms with Crippen molar-refractivity contribution >= 4 is 6.09 Å². The number of rotatable bonds is 0. The molecule has 0 aromatic heterocycles. The molecule has 1 amide bonds. The number of fused-ring (bicyclic) bond motifs is 1. The van der Waals surface area contributed by atoms with Crippen LogP contribution in [0.2, 0.25) is 0 Å². The first-order valence-electron chi connectivity index (χ1n) is 4.66. The molecule has 3 heteroatoms. The maximum Gasteiger partial charge on any atom is 0.410 e. The van der Waals surface area contributed by atoms with Crippen LogP contribution < -0.4 is 0 Å². The second-order valence-corrected chi connectivity index (χ2v) is 3.98. The van der Waals surface area contributed by atoms with Gasteiger partial charge in [-0.1, -0.05) is 11.1 Å². The number of nitrogens with zero attached hydrogens (tertiary/aromatic N) is 1. The Morgan fingerprint density at radius 1 is 1.31 bits per heavy atom. The standard InChI is InChI=1S/C10H15NO2/c1-6-4-8-9(5-7(6)2)11(8)10(12)13-3/h8-9H,4-5H2,1-3H3/t8-,9+,11?. The Morgan fingerprint density at radius 2 is 1.77 bits per heavy atom. The summed E-state index contributed by atoms with van der Waals surface area (Å²) in [6.45, 7) is 4.30. The highest BCUT2D eigenvalue weighted by molar-refractivity contribution is 5.72. The molecular weight excluding hydrogens is 166 g/mol. The summed E-state index contributed by atoms with van der Waals surface area (Å²) in [6.07, 6.45) is 1.90. The van der Waals surface area contributed by atoms with Crippen molar-refractivity contribution in [3.63, 3.8) is 0 Å². The molecule has 0 aromatic carbocycles. The van der Waals surface area contributed by atoms with Crippen molar-refractivity contribution in [2.45, 2.75) is 38.8 Å². The van der Waals surface area contributed by atoms with Gasteiger partial charge in [0.1, 0.15) is 0 Å². The molecule has 1 aliphatic heterocycles. The lowest BCUT2D eigenvalue weighted by atomic mass is 9.94. The number of methoxy groups -OCH3 is 1. The number of amides is 1. The summed E-state index contributed by atoms with van der Waals surface area (Å²) in [6, 6.07) is 0.854. The molecule has 1 heterocycles. The van der Waals surface area contributed by atoms with Crippen LogP contribution in [0.1, 0.15) is 26.7 Å². The SMILES string of the molecule is COC(=O)N1[C@@H]2CC(C)=C(C)C[C@@H]21. The topological polar surface area (TPSA) is 29.3 Å². The van der Waals surface area contributed by atoms with Crippen LogP contribution in [0.25, 0.3) is 0 Å². The van der Waals surface area contributed by atoms with Crippen molar-refractivity contribution in [1.82, 2.24) is 4.90 Å². The summed E-state index contributed by atoms with van der Waals surface area (Å²) >= 11 is 0. The maximum atomic E-state index is 11.2. The Labute approximate surface area is 78.4 Å². The average Bonchev–Trinajstić information content (AvgIpc) is 2.77. The lowest BCUT2D eigenvalue weighted by Gasteiger charge is -2.09. The molecule has 13 heavy (non-hydrogen) atoms. The summed E-state index contributed by atoms with van der Waals surface area (Å²) in [7, 11) is 1.44. The molecule has 2 rings (SSSR count). The first-order valence-corrected chi connectivity index (χ1v) is 4.66. The molecule has 72 valence electrons. The molecule has 2 atom stereocenters. The minimum absolute atomic E-state index is 0.169. The number of carbonyl (C=O) groups excluding carboxylic acids is 1. The van der Waals surface area contributed by atoms with Crippen molar-refractivity contribution in [2.75, 3.05) is 7.11 Å². The highest BCUT2D eigenvalue weighted by Crippen LogP contribution is 2.42. The molecule has 0 bridgehead atoms. The lowest BCUT2D eigenvalue weighted by molar-refractivity contribution is 0.150. The van der Waals surface area contributed by atoms with E-state index in [0.29, 0.717) is 12.1 Å². The zero-order valence-corrected chi connectivity index (χ0v) is 8.33. The van der Waals surface area contributed by atoms with Crippen LogP contribution in [-0.4, -0.2) is 30.2 Å². The molecule has 1 aliphatic carbocycles. The smallest absolute Gasteiger partial charge is 0.410 e. The van der Waals surface area contributed by atoms with Crippen LogP contribution in [0.4, 0.5) is 4.79 Å². The van der Waals surface area contributed by atoms with Gasteiger partial charge in [0.25, 0.3) is 0 Å². The van der Waals surface area contributed by atoms with Crippen molar-refractivity contribution in [3.05, 3.63) is 11.1 Å². The van der Waals surface area contributed by atoms with Crippen LogP contribution in [0.3, 0.4) is 0 Å². The van der Waals surface area contributed by atoms with E-state index in [2.05, 4.69) is 13.8 Å². The lowest BCUT2D eigenvalue weighted by Crippen LogP contribution is -2.13. The van der Waals surface area contributed by atoms with E-state index < -0.39 is 0 Å². The molecule has 3 nitrogen and oxygen atoms in total. The van der Waals surface area contributed by atoms with Gasteiger partial charge >= 0.3 is 6.09 Å². The number of hydrogen-bond donors (Lipinski definition) is 0. The van der Waals surface area contributed by atoms with Crippen LogP contribution >= 0.6 is 0 Å². The molecule has 1 saturated heterocycles. The van der Waals surface area contributed by atoms with Gasteiger partial charge in [0.15, 0.2) is 0 Å². The van der Waals surface area contributed by atoms with Gasteiger partial charge < -0.3 is 4.74 Å². The Bertz CT molecular complexity index is 263. The predicted molar refractivity (Wildman–Crippen MR) is 49.4 cm³/mol. The minimum atomic E-state index is -0.169. The fourth-order valence-electron chi connectivity index (χ4n) is 2.16. The molecule has 0 aromatic rings. The average molecular weight is 181 g/mol. The normalized spacial score (nSPS) is 31.5. The van der Waals surface area contributed by atoms with Gasteiger partial charge in [-0.3, -0.25) is 4.90 Å². The molecule has 0 saturated carbocycles. The van der Waals surface area contributed by atoms with Crippen LogP contribution in [0, 0.1) is 0 Å². The molecular formula is C10H15NO2. The largest absolute Gasteiger partial charge is 0.453 e. The van der Waals surface area contributed by atoms with E-state index in [4.69, 9.17) is 4.74 Å².